The van der Waals surface area contributed by atoms with Crippen LogP contribution in [0.15, 0.2) is 0 Å². The molecule has 2 aliphatic rings. The van der Waals surface area contributed by atoms with Crippen LogP contribution in [0.3, 0.4) is 0 Å². The van der Waals surface area contributed by atoms with E-state index in [1.807, 2.05) is 13.8 Å². The molecule has 0 atom stereocenters. The lowest BCUT2D eigenvalue weighted by Crippen LogP contribution is -2.51. The number of β-amino-alcohol motifs (C(OH)–C–C–N with tert-alkyl or cyclic N) is 1. The average Bonchev–Trinajstić information content (AvgIpc) is 2.31. The van der Waals surface area contributed by atoms with Gasteiger partial charge in [0.2, 0.25) is 0 Å². The summed E-state index contributed by atoms with van der Waals surface area (Å²) in [5.41, 5.74) is -0.558. The highest BCUT2D eigenvalue weighted by molar-refractivity contribution is 4.80. The lowest BCUT2D eigenvalue weighted by atomic mass is 9.97. The number of nitrogens with zero attached hydrogens (tertiary/aromatic N) is 2. The van der Waals surface area contributed by atoms with Crippen LogP contribution in [-0.2, 0) is 0 Å². The van der Waals surface area contributed by atoms with Crippen LogP contribution in [0.25, 0.3) is 0 Å². The van der Waals surface area contributed by atoms with Crippen molar-refractivity contribution in [1.82, 2.24) is 15.1 Å². The minimum atomic E-state index is -0.558. The van der Waals surface area contributed by atoms with Gasteiger partial charge >= 0.3 is 0 Å². The minimum absolute atomic E-state index is 0.558. The van der Waals surface area contributed by atoms with Crippen molar-refractivity contribution >= 4 is 0 Å². The van der Waals surface area contributed by atoms with Crippen LogP contribution in [0.4, 0.5) is 0 Å². The van der Waals surface area contributed by atoms with E-state index in [2.05, 4.69) is 15.1 Å². The van der Waals surface area contributed by atoms with Gasteiger partial charge < -0.3 is 15.3 Å². The van der Waals surface area contributed by atoms with Crippen LogP contribution in [0.1, 0.15) is 26.7 Å². The first-order chi connectivity index (χ1) is 8.53. The lowest BCUT2D eigenvalue weighted by Gasteiger charge is -2.39. The fraction of sp³-hybridized carbons (Fsp3) is 1.00. The van der Waals surface area contributed by atoms with E-state index in [4.69, 9.17) is 0 Å². The molecule has 0 unspecified atom stereocenters. The Morgan fingerprint density at radius 2 is 1.61 bits per heavy atom. The Morgan fingerprint density at radius 1 is 1.06 bits per heavy atom. The van der Waals surface area contributed by atoms with E-state index >= 15 is 0 Å². The SMILES string of the molecule is CC(C)(O)CN1CCN(CC2CCNCC2)CC1. The van der Waals surface area contributed by atoms with Crippen molar-refractivity contribution < 1.29 is 5.11 Å². The summed E-state index contributed by atoms with van der Waals surface area (Å²) < 4.78 is 0. The second-order valence-corrected chi connectivity index (χ2v) is 6.58. The van der Waals surface area contributed by atoms with Crippen LogP contribution in [0.5, 0.6) is 0 Å². The quantitative estimate of drug-likeness (QED) is 0.761. The Balaban J connectivity index is 1.66. The summed E-state index contributed by atoms with van der Waals surface area (Å²) in [5, 5.41) is 13.3. The zero-order valence-electron chi connectivity index (χ0n) is 12.0. The molecule has 2 aliphatic heterocycles. The molecule has 4 heteroatoms. The normalized spacial score (nSPS) is 25.5. The number of hydrogen-bond donors (Lipinski definition) is 2. The molecular formula is C14H29N3O. The van der Waals surface area contributed by atoms with E-state index in [9.17, 15) is 5.11 Å². The second kappa shape index (κ2) is 6.33. The van der Waals surface area contributed by atoms with E-state index in [-0.39, 0.29) is 0 Å². The molecule has 0 aromatic heterocycles. The summed E-state index contributed by atoms with van der Waals surface area (Å²) in [6, 6.07) is 0. The van der Waals surface area contributed by atoms with Crippen molar-refractivity contribution in [3.8, 4) is 0 Å². The van der Waals surface area contributed by atoms with Gasteiger partial charge in [-0.25, -0.2) is 0 Å². The molecule has 2 heterocycles. The minimum Gasteiger partial charge on any atom is -0.389 e. The predicted molar refractivity (Wildman–Crippen MR) is 74.8 cm³/mol. The van der Waals surface area contributed by atoms with Crippen LogP contribution in [0, 0.1) is 5.92 Å². The van der Waals surface area contributed by atoms with Gasteiger partial charge in [0.15, 0.2) is 0 Å². The lowest BCUT2D eigenvalue weighted by molar-refractivity contribution is 0.0150. The number of piperidine rings is 1. The molecule has 0 saturated carbocycles. The van der Waals surface area contributed by atoms with Crippen LogP contribution < -0.4 is 5.32 Å². The summed E-state index contributed by atoms with van der Waals surface area (Å²) in [6.45, 7) is 12.8. The van der Waals surface area contributed by atoms with Crippen LogP contribution in [0.2, 0.25) is 0 Å². The van der Waals surface area contributed by atoms with Crippen molar-refractivity contribution in [2.24, 2.45) is 5.92 Å². The van der Waals surface area contributed by atoms with E-state index in [0.29, 0.717) is 0 Å². The number of piperazine rings is 1. The predicted octanol–water partition coefficient (Wildman–Crippen LogP) is 0.375. The Labute approximate surface area is 111 Å². The maximum atomic E-state index is 9.83. The summed E-state index contributed by atoms with van der Waals surface area (Å²) in [7, 11) is 0. The molecule has 2 rings (SSSR count). The Bertz CT molecular complexity index is 238. The largest absolute Gasteiger partial charge is 0.389 e. The van der Waals surface area contributed by atoms with Crippen molar-refractivity contribution in [3.05, 3.63) is 0 Å². The third-order valence-electron chi connectivity index (χ3n) is 4.05. The molecule has 106 valence electrons. The Kier molecular flexibility index (Phi) is 5.01. The summed E-state index contributed by atoms with van der Waals surface area (Å²) in [6.07, 6.45) is 2.67. The number of nitrogens with one attached hydrogen (secondary N) is 1. The topological polar surface area (TPSA) is 38.7 Å². The fourth-order valence-electron chi connectivity index (χ4n) is 3.11. The Morgan fingerprint density at radius 3 is 2.17 bits per heavy atom. The molecule has 0 bridgehead atoms. The molecule has 0 spiro atoms. The van der Waals surface area contributed by atoms with Crippen molar-refractivity contribution in [1.29, 1.82) is 0 Å². The van der Waals surface area contributed by atoms with Gasteiger partial charge in [-0.1, -0.05) is 0 Å². The summed E-state index contributed by atoms with van der Waals surface area (Å²) in [4.78, 5) is 5.00. The highest BCUT2D eigenvalue weighted by atomic mass is 16.3. The molecular weight excluding hydrogens is 226 g/mol. The first-order valence-corrected chi connectivity index (χ1v) is 7.41. The van der Waals surface area contributed by atoms with Crippen LogP contribution in [-0.4, -0.2) is 72.9 Å². The summed E-state index contributed by atoms with van der Waals surface area (Å²) in [5.74, 6) is 0.895. The van der Waals surface area contributed by atoms with Gasteiger partial charge in [0.05, 0.1) is 5.60 Å². The average molecular weight is 255 g/mol. The number of rotatable bonds is 4. The molecule has 0 radical (unpaired) electrons. The zero-order chi connectivity index (χ0) is 13.0. The Hall–Kier alpha value is -0.160. The molecule has 2 N–H and O–H groups in total. The molecule has 0 aromatic carbocycles. The first-order valence-electron chi connectivity index (χ1n) is 7.41. The van der Waals surface area contributed by atoms with Gasteiger partial charge in [0, 0.05) is 39.3 Å². The maximum absolute atomic E-state index is 9.83. The molecule has 0 aliphatic carbocycles. The van der Waals surface area contributed by atoms with Gasteiger partial charge in [-0.3, -0.25) is 4.90 Å². The highest BCUT2D eigenvalue weighted by Crippen LogP contribution is 2.15. The van der Waals surface area contributed by atoms with E-state index in [0.717, 1.165) is 25.6 Å². The smallest absolute Gasteiger partial charge is 0.0718 e. The molecule has 0 aromatic rings. The van der Waals surface area contributed by atoms with Crippen LogP contribution >= 0.6 is 0 Å². The molecule has 4 nitrogen and oxygen atoms in total. The second-order valence-electron chi connectivity index (χ2n) is 6.58. The third kappa shape index (κ3) is 4.84. The van der Waals surface area contributed by atoms with Crippen molar-refractivity contribution in [2.75, 3.05) is 52.4 Å². The third-order valence-corrected chi connectivity index (χ3v) is 4.05. The molecule has 2 fully saturated rings. The van der Waals surface area contributed by atoms with E-state index in [1.165, 1.54) is 45.6 Å². The number of aliphatic hydroxyl groups is 1. The zero-order valence-corrected chi connectivity index (χ0v) is 12.0. The first kappa shape index (κ1) is 14.3. The van der Waals surface area contributed by atoms with Gasteiger partial charge in [-0.15, -0.1) is 0 Å². The number of hydrogen-bond acceptors (Lipinski definition) is 4. The summed E-state index contributed by atoms with van der Waals surface area (Å²) >= 11 is 0. The standard InChI is InChI=1S/C14H29N3O/c1-14(2,18)12-17-9-7-16(8-10-17)11-13-3-5-15-6-4-13/h13,15,18H,3-12H2,1-2H3. The van der Waals surface area contributed by atoms with Crippen molar-refractivity contribution in [3.63, 3.8) is 0 Å². The monoisotopic (exact) mass is 255 g/mol. The fourth-order valence-corrected chi connectivity index (χ4v) is 3.11. The van der Waals surface area contributed by atoms with E-state index in [1.54, 1.807) is 0 Å². The van der Waals surface area contributed by atoms with Crippen molar-refractivity contribution in [2.45, 2.75) is 32.3 Å². The van der Waals surface area contributed by atoms with Gasteiger partial charge in [-0.2, -0.15) is 0 Å². The maximum Gasteiger partial charge on any atom is 0.0718 e. The van der Waals surface area contributed by atoms with Gasteiger partial charge in [-0.05, 0) is 45.7 Å². The molecule has 0 amide bonds. The van der Waals surface area contributed by atoms with Gasteiger partial charge in [0.25, 0.3) is 0 Å². The molecule has 18 heavy (non-hydrogen) atoms. The highest BCUT2D eigenvalue weighted by Gasteiger charge is 2.24. The van der Waals surface area contributed by atoms with Gasteiger partial charge in [0.1, 0.15) is 0 Å². The van der Waals surface area contributed by atoms with E-state index < -0.39 is 5.60 Å². The molecule has 2 saturated heterocycles.